The smallest absolute Gasteiger partial charge is 0.160 e. The summed E-state index contributed by atoms with van der Waals surface area (Å²) in [7, 11) is 0. The van der Waals surface area contributed by atoms with E-state index in [-0.39, 0.29) is 17.5 Å². The van der Waals surface area contributed by atoms with Crippen LogP contribution in [0, 0.1) is 0 Å². The highest BCUT2D eigenvalue weighted by atomic mass is 16.3. The summed E-state index contributed by atoms with van der Waals surface area (Å²) in [5.41, 5.74) is 1.59. The van der Waals surface area contributed by atoms with Crippen LogP contribution < -0.4 is 0 Å². The summed E-state index contributed by atoms with van der Waals surface area (Å²) in [6.07, 6.45) is 4.28. The highest BCUT2D eigenvalue weighted by Crippen LogP contribution is 2.33. The topological polar surface area (TPSA) is 37.3 Å². The Hall–Kier alpha value is -1.83. The lowest BCUT2D eigenvalue weighted by atomic mass is 9.83. The lowest BCUT2D eigenvalue weighted by Gasteiger charge is -2.21. The number of aliphatic hydroxyl groups excluding tert-OH is 1. The van der Waals surface area contributed by atoms with Crippen LogP contribution in [0.4, 0.5) is 0 Å². The minimum atomic E-state index is -0.0595. The first-order valence-electron chi connectivity index (χ1n) is 5.35. The van der Waals surface area contributed by atoms with E-state index in [2.05, 4.69) is 0 Å². The van der Waals surface area contributed by atoms with Crippen LogP contribution in [0.2, 0.25) is 0 Å². The van der Waals surface area contributed by atoms with Gasteiger partial charge in [-0.05, 0) is 25.0 Å². The van der Waals surface area contributed by atoms with E-state index in [9.17, 15) is 9.90 Å². The third-order valence-corrected chi connectivity index (χ3v) is 2.85. The van der Waals surface area contributed by atoms with Crippen LogP contribution in [0.15, 0.2) is 53.8 Å². The van der Waals surface area contributed by atoms with Gasteiger partial charge < -0.3 is 5.11 Å². The van der Waals surface area contributed by atoms with E-state index >= 15 is 0 Å². The van der Waals surface area contributed by atoms with Crippen LogP contribution in [0.1, 0.15) is 24.8 Å². The van der Waals surface area contributed by atoms with Gasteiger partial charge in [0.05, 0.1) is 0 Å². The van der Waals surface area contributed by atoms with Crippen molar-refractivity contribution in [2.75, 3.05) is 0 Å². The highest BCUT2D eigenvalue weighted by molar-refractivity contribution is 5.96. The number of Topliss-reactive ketones (excluding diaryl/α,β-unsaturated/α-hetero) is 1. The van der Waals surface area contributed by atoms with Gasteiger partial charge in [0.15, 0.2) is 5.78 Å². The van der Waals surface area contributed by atoms with Crippen molar-refractivity contribution in [3.05, 3.63) is 59.4 Å². The van der Waals surface area contributed by atoms with Gasteiger partial charge in [0.2, 0.25) is 0 Å². The number of allylic oxidation sites excluding steroid dienone is 3. The second kappa shape index (κ2) is 4.35. The molecule has 2 rings (SSSR count). The normalized spacial score (nSPS) is 19.9. The number of hydrogen-bond donors (Lipinski definition) is 1. The van der Waals surface area contributed by atoms with Gasteiger partial charge in [0.25, 0.3) is 0 Å². The fourth-order valence-corrected chi connectivity index (χ4v) is 2.12. The van der Waals surface area contributed by atoms with Gasteiger partial charge in [-0.25, -0.2) is 0 Å². The quantitative estimate of drug-likeness (QED) is 0.821. The van der Waals surface area contributed by atoms with Crippen molar-refractivity contribution in [1.29, 1.82) is 0 Å². The van der Waals surface area contributed by atoms with Gasteiger partial charge in [0.1, 0.15) is 5.76 Å². The Kier molecular flexibility index (Phi) is 2.91. The number of carbonyl (C=O) groups is 1. The maximum Gasteiger partial charge on any atom is 0.160 e. The molecule has 0 heterocycles. The van der Waals surface area contributed by atoms with E-state index in [1.807, 2.05) is 36.4 Å². The van der Waals surface area contributed by atoms with E-state index in [4.69, 9.17) is 0 Å². The largest absolute Gasteiger partial charge is 0.508 e. The lowest BCUT2D eigenvalue weighted by Crippen LogP contribution is -2.13. The molecule has 0 bridgehead atoms. The molecule has 1 atom stereocenters. The summed E-state index contributed by atoms with van der Waals surface area (Å²) in [6, 6.07) is 9.81. The monoisotopic (exact) mass is 214 g/mol. The second-order valence-corrected chi connectivity index (χ2v) is 3.96. The van der Waals surface area contributed by atoms with Crippen LogP contribution in [-0.2, 0) is 4.79 Å². The van der Waals surface area contributed by atoms with E-state index < -0.39 is 0 Å². The molecule has 0 saturated heterocycles. The molecule has 0 spiro atoms. The SMILES string of the molecule is CC(=O)C1=C(O)C=CC[C@@H]1c1ccccc1. The first kappa shape index (κ1) is 10.7. The molecular formula is C14H14O2. The lowest BCUT2D eigenvalue weighted by molar-refractivity contribution is -0.114. The Labute approximate surface area is 94.9 Å². The van der Waals surface area contributed by atoms with Crippen molar-refractivity contribution in [3.8, 4) is 0 Å². The maximum atomic E-state index is 11.5. The van der Waals surface area contributed by atoms with Crippen LogP contribution in [0.5, 0.6) is 0 Å². The minimum absolute atomic E-state index is 0.0105. The average molecular weight is 214 g/mol. The molecule has 1 aromatic carbocycles. The van der Waals surface area contributed by atoms with Gasteiger partial charge in [-0.3, -0.25) is 4.79 Å². The maximum absolute atomic E-state index is 11.5. The van der Waals surface area contributed by atoms with Crippen LogP contribution in [0.3, 0.4) is 0 Å². The summed E-state index contributed by atoms with van der Waals surface area (Å²) in [5.74, 6) is 0.0343. The standard InChI is InChI=1S/C14H14O2/c1-10(15)14-12(8-5-9-13(14)16)11-6-3-2-4-7-11/h2-7,9,12,16H,8H2,1H3/t12-/m1/s1. The van der Waals surface area contributed by atoms with Crippen LogP contribution in [0.25, 0.3) is 0 Å². The zero-order chi connectivity index (χ0) is 11.5. The molecule has 1 aromatic rings. The molecule has 2 heteroatoms. The number of carbonyl (C=O) groups excluding carboxylic acids is 1. The molecule has 82 valence electrons. The van der Waals surface area contributed by atoms with Crippen molar-refractivity contribution in [2.24, 2.45) is 0 Å². The molecule has 0 fully saturated rings. The molecule has 2 nitrogen and oxygen atoms in total. The minimum Gasteiger partial charge on any atom is -0.508 e. The molecule has 16 heavy (non-hydrogen) atoms. The number of aliphatic hydroxyl groups is 1. The summed E-state index contributed by atoms with van der Waals surface area (Å²) >= 11 is 0. The molecule has 0 aliphatic heterocycles. The summed E-state index contributed by atoms with van der Waals surface area (Å²) < 4.78 is 0. The van der Waals surface area contributed by atoms with Crippen molar-refractivity contribution >= 4 is 5.78 Å². The summed E-state index contributed by atoms with van der Waals surface area (Å²) in [4.78, 5) is 11.5. The van der Waals surface area contributed by atoms with Gasteiger partial charge in [0, 0.05) is 11.5 Å². The Bertz CT molecular complexity index is 455. The van der Waals surface area contributed by atoms with Gasteiger partial charge in [-0.2, -0.15) is 0 Å². The fourth-order valence-electron chi connectivity index (χ4n) is 2.12. The molecule has 1 aliphatic rings. The van der Waals surface area contributed by atoms with Crippen LogP contribution >= 0.6 is 0 Å². The Balaban J connectivity index is 2.43. The molecular weight excluding hydrogens is 200 g/mol. The van der Waals surface area contributed by atoms with E-state index in [1.165, 1.54) is 6.92 Å². The predicted octanol–water partition coefficient (Wildman–Crippen LogP) is 3.13. The zero-order valence-electron chi connectivity index (χ0n) is 9.18. The average Bonchev–Trinajstić information content (AvgIpc) is 2.29. The molecule has 1 aliphatic carbocycles. The first-order valence-corrected chi connectivity index (χ1v) is 5.35. The zero-order valence-corrected chi connectivity index (χ0v) is 9.18. The molecule has 0 radical (unpaired) electrons. The number of ketones is 1. The van der Waals surface area contributed by atoms with E-state index in [0.717, 1.165) is 12.0 Å². The number of benzene rings is 1. The predicted molar refractivity (Wildman–Crippen MR) is 63.3 cm³/mol. The van der Waals surface area contributed by atoms with Gasteiger partial charge >= 0.3 is 0 Å². The molecule has 1 N–H and O–H groups in total. The number of rotatable bonds is 2. The van der Waals surface area contributed by atoms with E-state index in [0.29, 0.717) is 5.57 Å². The van der Waals surface area contributed by atoms with Crippen LogP contribution in [-0.4, -0.2) is 10.9 Å². The molecule has 0 amide bonds. The van der Waals surface area contributed by atoms with Crippen molar-refractivity contribution < 1.29 is 9.90 Å². The van der Waals surface area contributed by atoms with Crippen molar-refractivity contribution in [3.63, 3.8) is 0 Å². The summed E-state index contributed by atoms with van der Waals surface area (Å²) in [6.45, 7) is 1.50. The summed E-state index contributed by atoms with van der Waals surface area (Å²) in [5, 5.41) is 9.74. The molecule has 0 saturated carbocycles. The van der Waals surface area contributed by atoms with Crippen molar-refractivity contribution in [1.82, 2.24) is 0 Å². The molecule has 0 unspecified atom stereocenters. The van der Waals surface area contributed by atoms with Gasteiger partial charge in [-0.15, -0.1) is 0 Å². The Morgan fingerprint density at radius 2 is 2.00 bits per heavy atom. The van der Waals surface area contributed by atoms with E-state index in [1.54, 1.807) is 6.08 Å². The number of hydrogen-bond acceptors (Lipinski definition) is 2. The highest BCUT2D eigenvalue weighted by Gasteiger charge is 2.24. The Morgan fingerprint density at radius 1 is 1.31 bits per heavy atom. The Morgan fingerprint density at radius 3 is 2.62 bits per heavy atom. The van der Waals surface area contributed by atoms with Crippen molar-refractivity contribution in [2.45, 2.75) is 19.3 Å². The second-order valence-electron chi connectivity index (χ2n) is 3.96. The fraction of sp³-hybridized carbons (Fsp3) is 0.214. The molecule has 0 aromatic heterocycles. The van der Waals surface area contributed by atoms with Gasteiger partial charge in [-0.1, -0.05) is 36.4 Å². The first-order chi connectivity index (χ1) is 7.70. The third kappa shape index (κ3) is 1.91. The third-order valence-electron chi connectivity index (χ3n) is 2.85.